The summed E-state index contributed by atoms with van der Waals surface area (Å²) in [6.07, 6.45) is 3.20. The number of fused-ring (bicyclic) bond motifs is 1. The first-order valence-corrected chi connectivity index (χ1v) is 13.0. The molecular formula is C26H30ClF2N7O3. The Bertz CT molecular complexity index is 1350. The van der Waals surface area contributed by atoms with Crippen molar-refractivity contribution in [2.45, 2.75) is 37.7 Å². The third-order valence-electron chi connectivity index (χ3n) is 6.97. The fraction of sp³-hybridized carbons (Fsp3) is 0.462. The second-order valence-electron chi connectivity index (χ2n) is 9.63. The number of rotatable bonds is 10. The summed E-state index contributed by atoms with van der Waals surface area (Å²) in [6.45, 7) is 4.03. The molecule has 3 aromatic rings. The van der Waals surface area contributed by atoms with Gasteiger partial charge in [-0.1, -0.05) is 11.6 Å². The van der Waals surface area contributed by atoms with Crippen LogP contribution in [0.4, 0.5) is 8.78 Å². The summed E-state index contributed by atoms with van der Waals surface area (Å²) in [5, 5.41) is 17.5. The number of hydrogen-bond donors (Lipinski definition) is 2. The predicted octanol–water partition coefficient (Wildman–Crippen LogP) is 3.43. The van der Waals surface area contributed by atoms with Crippen LogP contribution in [0, 0.1) is 11.2 Å². The van der Waals surface area contributed by atoms with Gasteiger partial charge in [0, 0.05) is 32.0 Å². The number of alkyl halides is 1. The molecule has 5 heterocycles. The van der Waals surface area contributed by atoms with Gasteiger partial charge in [0.15, 0.2) is 0 Å². The smallest absolute Gasteiger partial charge is 0.147 e. The maximum Gasteiger partial charge on any atom is 0.147 e. The van der Waals surface area contributed by atoms with E-state index in [0.29, 0.717) is 59.4 Å². The van der Waals surface area contributed by atoms with Crippen molar-refractivity contribution in [1.82, 2.24) is 24.9 Å². The first kappa shape index (κ1) is 27.4. The van der Waals surface area contributed by atoms with Crippen molar-refractivity contribution in [2.24, 2.45) is 5.10 Å². The Kier molecular flexibility index (Phi) is 8.36. The van der Waals surface area contributed by atoms with Gasteiger partial charge in [-0.05, 0) is 31.5 Å². The van der Waals surface area contributed by atoms with E-state index in [-0.39, 0.29) is 18.4 Å². The molecule has 0 aromatic carbocycles. The van der Waals surface area contributed by atoms with Crippen LogP contribution < -0.4 is 10.2 Å². The van der Waals surface area contributed by atoms with Gasteiger partial charge >= 0.3 is 0 Å². The number of likely N-dealkylation sites (tertiary alicyclic amines) is 1. The fourth-order valence-corrected chi connectivity index (χ4v) is 4.88. The minimum absolute atomic E-state index is 0.0538. The van der Waals surface area contributed by atoms with E-state index < -0.39 is 24.1 Å². The van der Waals surface area contributed by atoms with Crippen LogP contribution in [0.25, 0.3) is 5.52 Å². The van der Waals surface area contributed by atoms with Crippen molar-refractivity contribution in [3.63, 3.8) is 0 Å². The van der Waals surface area contributed by atoms with Crippen LogP contribution in [0.3, 0.4) is 0 Å². The van der Waals surface area contributed by atoms with Crippen LogP contribution in [0.1, 0.15) is 30.7 Å². The predicted molar refractivity (Wildman–Crippen MR) is 142 cm³/mol. The Labute approximate surface area is 229 Å². The minimum Gasteiger partial charge on any atom is -0.488 e. The Morgan fingerprint density at radius 2 is 2.18 bits per heavy atom. The molecule has 2 aliphatic heterocycles. The summed E-state index contributed by atoms with van der Waals surface area (Å²) >= 11 is 6.40. The molecule has 10 nitrogen and oxygen atoms in total. The summed E-state index contributed by atoms with van der Waals surface area (Å²) in [7, 11) is 1.51. The average Bonchev–Trinajstić information content (AvgIpc) is 3.26. The molecule has 1 unspecified atom stereocenters. The number of nitrogens with zero attached hydrogens (tertiary/aromatic N) is 5. The highest BCUT2D eigenvalue weighted by atomic mass is 35.5. The van der Waals surface area contributed by atoms with Gasteiger partial charge in [0.25, 0.3) is 0 Å². The summed E-state index contributed by atoms with van der Waals surface area (Å²) in [4.78, 5) is 6.20. The standard InChI is InChI=1S/C26H30ClF2N7O3/c1-15(30)25(34-33-21-5-6-35(11-20(21)29)18-12-38-13-18)16-7-23(26-19(27)9-32-36(26)10-16)39-14-24(37-2)22-4-3-17(28)8-31-22/h3-4,7-10,18,20-21,24,30,33H,5-6,11-14H2,1-2H3/b30-15?,34-25+/t20-,21?,24+/m0/s1. The highest BCUT2D eigenvalue weighted by Gasteiger charge is 2.35. The monoisotopic (exact) mass is 561 g/mol. The lowest BCUT2D eigenvalue weighted by molar-refractivity contribution is -0.0818. The maximum atomic E-state index is 15.0. The number of piperidine rings is 1. The number of hydrazone groups is 1. The Morgan fingerprint density at radius 1 is 1.36 bits per heavy atom. The molecule has 208 valence electrons. The molecule has 2 fully saturated rings. The SMILES string of the molecule is CO[C@H](COc1cc(/C(=N/NC2CCN(C3COC3)C[C@@H]2F)C(C)=N)cn2ncc(Cl)c12)c1ccc(F)cn1. The van der Waals surface area contributed by atoms with Gasteiger partial charge in [-0.25, -0.2) is 13.3 Å². The zero-order valence-electron chi connectivity index (χ0n) is 21.6. The van der Waals surface area contributed by atoms with Gasteiger partial charge in [-0.2, -0.15) is 10.2 Å². The molecule has 3 aromatic heterocycles. The lowest BCUT2D eigenvalue weighted by Crippen LogP contribution is -2.57. The average molecular weight is 562 g/mol. The van der Waals surface area contributed by atoms with E-state index in [4.69, 9.17) is 31.2 Å². The van der Waals surface area contributed by atoms with Crippen LogP contribution in [0.5, 0.6) is 5.75 Å². The minimum atomic E-state index is -1.10. The molecule has 0 aliphatic carbocycles. The summed E-state index contributed by atoms with van der Waals surface area (Å²) in [5.74, 6) is -0.0671. The van der Waals surface area contributed by atoms with Gasteiger partial charge < -0.3 is 25.0 Å². The quantitative estimate of drug-likeness (QED) is 0.288. The van der Waals surface area contributed by atoms with Crippen LogP contribution in [0.2, 0.25) is 5.02 Å². The highest BCUT2D eigenvalue weighted by molar-refractivity contribution is 6.46. The van der Waals surface area contributed by atoms with E-state index in [2.05, 4.69) is 25.5 Å². The topological polar surface area (TPSA) is 109 Å². The van der Waals surface area contributed by atoms with Gasteiger partial charge in [-0.15, -0.1) is 0 Å². The fourth-order valence-electron chi connectivity index (χ4n) is 4.66. The van der Waals surface area contributed by atoms with Crippen molar-refractivity contribution in [3.05, 3.63) is 58.9 Å². The van der Waals surface area contributed by atoms with Crippen molar-refractivity contribution in [1.29, 1.82) is 5.41 Å². The summed E-state index contributed by atoms with van der Waals surface area (Å²) in [5.41, 5.74) is 5.02. The molecule has 0 radical (unpaired) electrons. The van der Waals surface area contributed by atoms with Gasteiger partial charge in [0.05, 0.1) is 54.1 Å². The number of nitrogens with one attached hydrogen (secondary N) is 2. The van der Waals surface area contributed by atoms with Crippen LogP contribution >= 0.6 is 11.6 Å². The number of aromatic nitrogens is 3. The lowest BCUT2D eigenvalue weighted by atomic mass is 10.0. The first-order chi connectivity index (χ1) is 18.8. The molecule has 39 heavy (non-hydrogen) atoms. The molecule has 13 heteroatoms. The Hall–Kier alpha value is -3.19. The van der Waals surface area contributed by atoms with Crippen molar-refractivity contribution in [2.75, 3.05) is 40.0 Å². The van der Waals surface area contributed by atoms with E-state index in [1.807, 2.05) is 0 Å². The first-order valence-electron chi connectivity index (χ1n) is 12.6. The van der Waals surface area contributed by atoms with E-state index >= 15 is 0 Å². The van der Waals surface area contributed by atoms with E-state index in [9.17, 15) is 8.78 Å². The molecule has 0 amide bonds. The van der Waals surface area contributed by atoms with E-state index in [1.54, 1.807) is 23.7 Å². The van der Waals surface area contributed by atoms with E-state index in [0.717, 1.165) is 12.7 Å². The highest BCUT2D eigenvalue weighted by Crippen LogP contribution is 2.30. The Morgan fingerprint density at radius 3 is 2.82 bits per heavy atom. The van der Waals surface area contributed by atoms with Gasteiger partial charge in [0.1, 0.15) is 41.7 Å². The molecule has 3 atom stereocenters. The maximum absolute atomic E-state index is 15.0. The molecule has 5 rings (SSSR count). The second-order valence-corrected chi connectivity index (χ2v) is 10.0. The summed E-state index contributed by atoms with van der Waals surface area (Å²) < 4.78 is 46.7. The van der Waals surface area contributed by atoms with E-state index in [1.165, 1.54) is 25.4 Å². The third kappa shape index (κ3) is 6.03. The molecule has 0 saturated carbocycles. The number of hydrogen-bond acceptors (Lipinski definition) is 9. The molecule has 2 aliphatic rings. The molecular weight excluding hydrogens is 532 g/mol. The van der Waals surface area contributed by atoms with Crippen molar-refractivity contribution < 1.29 is 23.0 Å². The van der Waals surface area contributed by atoms with Crippen molar-refractivity contribution >= 4 is 28.5 Å². The number of halogens is 3. The number of methoxy groups -OCH3 is 1. The summed E-state index contributed by atoms with van der Waals surface area (Å²) in [6, 6.07) is 4.35. The normalized spacial score (nSPS) is 21.5. The molecule has 2 saturated heterocycles. The van der Waals surface area contributed by atoms with Gasteiger partial charge in [0.2, 0.25) is 0 Å². The Balaban J connectivity index is 1.36. The third-order valence-corrected chi connectivity index (χ3v) is 7.24. The zero-order chi connectivity index (χ0) is 27.5. The lowest BCUT2D eigenvalue weighted by Gasteiger charge is -2.42. The largest absolute Gasteiger partial charge is 0.488 e. The van der Waals surface area contributed by atoms with Crippen LogP contribution in [-0.2, 0) is 9.47 Å². The zero-order valence-corrected chi connectivity index (χ0v) is 22.4. The number of pyridine rings is 2. The van der Waals surface area contributed by atoms with Crippen LogP contribution in [-0.4, -0.2) is 89.2 Å². The van der Waals surface area contributed by atoms with Gasteiger partial charge in [-0.3, -0.25) is 9.88 Å². The molecule has 0 spiro atoms. The van der Waals surface area contributed by atoms with Crippen molar-refractivity contribution in [3.8, 4) is 5.75 Å². The molecule has 0 bridgehead atoms. The van der Waals surface area contributed by atoms with Crippen LogP contribution in [0.15, 0.2) is 41.9 Å². The number of ether oxygens (including phenoxy) is 3. The second kappa shape index (κ2) is 11.9. The molecule has 2 N–H and O–H groups in total.